The maximum Gasteiger partial charge on any atom is 0.195 e. The first-order valence-electron chi connectivity index (χ1n) is 5.74. The molecule has 2 aromatic heterocycles. The third-order valence-corrected chi connectivity index (χ3v) is 4.18. The molecule has 19 heavy (non-hydrogen) atoms. The lowest BCUT2D eigenvalue weighted by Gasteiger charge is -2.05. The quantitative estimate of drug-likeness (QED) is 0.584. The summed E-state index contributed by atoms with van der Waals surface area (Å²) < 4.78 is 17.4. The molecule has 0 aliphatic carbocycles. The number of furan rings is 1. The molecule has 0 aromatic carbocycles. The molecule has 2 rings (SSSR count). The summed E-state index contributed by atoms with van der Waals surface area (Å²) in [6.07, 6.45) is 1.58. The molecule has 0 fully saturated rings. The van der Waals surface area contributed by atoms with Crippen LogP contribution in [0.25, 0.3) is 11.2 Å². The summed E-state index contributed by atoms with van der Waals surface area (Å²) >= 11 is 10.4. The Morgan fingerprint density at radius 2 is 2.26 bits per heavy atom. The molecule has 0 amide bonds. The fourth-order valence-corrected chi connectivity index (χ4v) is 2.83. The molecular formula is C12H14BrNO3S2. The van der Waals surface area contributed by atoms with Crippen LogP contribution in [0.1, 0.15) is 0 Å². The fourth-order valence-electron chi connectivity index (χ4n) is 1.49. The zero-order chi connectivity index (χ0) is 13.7. The van der Waals surface area contributed by atoms with Crippen molar-refractivity contribution < 1.29 is 13.6 Å². The number of nitrogens with one attached hydrogen (secondary N) is 1. The highest BCUT2D eigenvalue weighted by atomic mass is 79.9. The van der Waals surface area contributed by atoms with Gasteiger partial charge in [0.25, 0.3) is 0 Å². The highest BCUT2D eigenvalue weighted by molar-refractivity contribution is 9.10. The van der Waals surface area contributed by atoms with Gasteiger partial charge in [0.1, 0.15) is 6.26 Å². The normalized spacial score (nSPS) is 11.1. The molecular weight excluding hydrogens is 350 g/mol. The van der Waals surface area contributed by atoms with E-state index in [1.807, 2.05) is 11.8 Å². The minimum Gasteiger partial charge on any atom is -0.458 e. The number of fused-ring (bicyclic) bond motifs is 1. The first-order chi connectivity index (χ1) is 9.22. The molecule has 0 saturated carbocycles. The van der Waals surface area contributed by atoms with Gasteiger partial charge in [-0.25, -0.2) is 0 Å². The Bertz CT molecular complexity index is 596. The van der Waals surface area contributed by atoms with Gasteiger partial charge in [-0.1, -0.05) is 12.2 Å². The molecule has 0 spiro atoms. The van der Waals surface area contributed by atoms with Gasteiger partial charge >= 0.3 is 0 Å². The van der Waals surface area contributed by atoms with Gasteiger partial charge in [0.15, 0.2) is 17.1 Å². The predicted octanol–water partition coefficient (Wildman–Crippen LogP) is 4.31. The summed E-state index contributed by atoms with van der Waals surface area (Å²) in [6, 6.07) is 1.77. The zero-order valence-corrected chi connectivity index (χ0v) is 13.6. The van der Waals surface area contributed by atoms with Crippen molar-refractivity contribution in [1.29, 1.82) is 0 Å². The second-order valence-electron chi connectivity index (χ2n) is 3.75. The van der Waals surface area contributed by atoms with Crippen LogP contribution < -0.4 is 5.32 Å². The van der Waals surface area contributed by atoms with Crippen LogP contribution in [0, 0.1) is 4.51 Å². The van der Waals surface area contributed by atoms with Crippen molar-refractivity contribution in [2.45, 2.75) is 0 Å². The Kier molecular flexibility index (Phi) is 5.75. The van der Waals surface area contributed by atoms with Gasteiger partial charge in [0, 0.05) is 31.2 Å². The highest BCUT2D eigenvalue weighted by Gasteiger charge is 2.09. The molecule has 104 valence electrons. The standard InChI is InChI=1S/C12H14BrNO3S2/c1-15-3-5-19-4-2-14-10-6-9(18)12-11(17-10)8(13)7-16-12/h6-7,14H,2-5H2,1H3. The lowest BCUT2D eigenvalue weighted by atomic mass is 10.4. The first-order valence-corrected chi connectivity index (χ1v) is 8.09. The lowest BCUT2D eigenvalue weighted by Crippen LogP contribution is -2.05. The second kappa shape index (κ2) is 7.33. The third-order valence-electron chi connectivity index (χ3n) is 2.38. The van der Waals surface area contributed by atoms with Crippen LogP contribution in [-0.4, -0.2) is 31.8 Å². The van der Waals surface area contributed by atoms with E-state index in [2.05, 4.69) is 21.2 Å². The Balaban J connectivity index is 1.94. The summed E-state index contributed by atoms with van der Waals surface area (Å²) in [7, 11) is 1.71. The molecule has 7 heteroatoms. The van der Waals surface area contributed by atoms with Gasteiger partial charge in [-0.05, 0) is 15.9 Å². The summed E-state index contributed by atoms with van der Waals surface area (Å²) in [5, 5.41) is 3.21. The number of methoxy groups -OCH3 is 1. The van der Waals surface area contributed by atoms with E-state index in [9.17, 15) is 0 Å². The van der Waals surface area contributed by atoms with E-state index in [0.29, 0.717) is 21.6 Å². The summed E-state index contributed by atoms with van der Waals surface area (Å²) in [4.78, 5) is 0. The van der Waals surface area contributed by atoms with Crippen LogP contribution >= 0.6 is 39.9 Å². The van der Waals surface area contributed by atoms with Crippen LogP contribution in [0.5, 0.6) is 0 Å². The summed E-state index contributed by atoms with van der Waals surface area (Å²) in [5.74, 6) is 2.64. The van der Waals surface area contributed by atoms with E-state index in [0.717, 1.165) is 29.1 Å². The molecule has 0 atom stereocenters. The molecule has 0 unspecified atom stereocenters. The highest BCUT2D eigenvalue weighted by Crippen LogP contribution is 2.29. The van der Waals surface area contributed by atoms with E-state index >= 15 is 0 Å². The number of hydrogen-bond acceptors (Lipinski definition) is 6. The lowest BCUT2D eigenvalue weighted by molar-refractivity contribution is 0.218. The van der Waals surface area contributed by atoms with Crippen molar-refractivity contribution in [2.24, 2.45) is 0 Å². The number of anilines is 1. The molecule has 0 aliphatic rings. The van der Waals surface area contributed by atoms with Crippen molar-refractivity contribution in [1.82, 2.24) is 0 Å². The number of halogens is 1. The predicted molar refractivity (Wildman–Crippen MR) is 84.7 cm³/mol. The van der Waals surface area contributed by atoms with Crippen LogP contribution in [0.3, 0.4) is 0 Å². The number of rotatable bonds is 7. The molecule has 4 nitrogen and oxygen atoms in total. The van der Waals surface area contributed by atoms with E-state index in [4.69, 9.17) is 25.8 Å². The zero-order valence-electron chi connectivity index (χ0n) is 10.4. The number of thioether (sulfide) groups is 1. The molecule has 0 radical (unpaired) electrons. The van der Waals surface area contributed by atoms with Gasteiger partial charge < -0.3 is 18.9 Å². The van der Waals surface area contributed by atoms with E-state index < -0.39 is 0 Å². The van der Waals surface area contributed by atoms with Crippen molar-refractivity contribution >= 4 is 57.0 Å². The Morgan fingerprint density at radius 3 is 3.05 bits per heavy atom. The van der Waals surface area contributed by atoms with E-state index in [1.165, 1.54) is 0 Å². The minimum atomic E-state index is 0.599. The first kappa shape index (κ1) is 14.9. The monoisotopic (exact) mass is 363 g/mol. The second-order valence-corrected chi connectivity index (χ2v) is 6.27. The minimum absolute atomic E-state index is 0.599. The van der Waals surface area contributed by atoms with E-state index in [1.54, 1.807) is 19.4 Å². The molecule has 2 heterocycles. The Labute approximate surface area is 129 Å². The summed E-state index contributed by atoms with van der Waals surface area (Å²) in [6.45, 7) is 1.59. The maximum absolute atomic E-state index is 5.69. The molecule has 2 aromatic rings. The SMILES string of the molecule is COCCSCCNc1cc(=S)c2occ(Br)c2o1. The number of hydrogen-bond donors (Lipinski definition) is 1. The largest absolute Gasteiger partial charge is 0.458 e. The van der Waals surface area contributed by atoms with Crippen LogP contribution in [0.2, 0.25) is 0 Å². The fraction of sp³-hybridized carbons (Fsp3) is 0.417. The molecule has 0 aliphatic heterocycles. The summed E-state index contributed by atoms with van der Waals surface area (Å²) in [5.41, 5.74) is 1.24. The average molecular weight is 364 g/mol. The van der Waals surface area contributed by atoms with Crippen molar-refractivity contribution in [3.8, 4) is 0 Å². The van der Waals surface area contributed by atoms with E-state index in [-0.39, 0.29) is 0 Å². The van der Waals surface area contributed by atoms with Gasteiger partial charge in [0.2, 0.25) is 0 Å². The van der Waals surface area contributed by atoms with Gasteiger partial charge in [-0.3, -0.25) is 0 Å². The third kappa shape index (κ3) is 3.98. The number of ether oxygens (including phenoxy) is 1. The maximum atomic E-state index is 5.69. The van der Waals surface area contributed by atoms with Crippen LogP contribution in [0.4, 0.5) is 5.88 Å². The molecule has 1 N–H and O–H groups in total. The van der Waals surface area contributed by atoms with Crippen molar-refractivity contribution in [3.05, 3.63) is 21.3 Å². The van der Waals surface area contributed by atoms with Crippen molar-refractivity contribution in [3.63, 3.8) is 0 Å². The van der Waals surface area contributed by atoms with Gasteiger partial charge in [-0.15, -0.1) is 0 Å². The van der Waals surface area contributed by atoms with Crippen LogP contribution in [0.15, 0.2) is 25.6 Å². The topological polar surface area (TPSA) is 47.5 Å². The molecule has 0 bridgehead atoms. The molecule has 0 saturated heterocycles. The van der Waals surface area contributed by atoms with Crippen molar-refractivity contribution in [2.75, 3.05) is 37.1 Å². The van der Waals surface area contributed by atoms with Gasteiger partial charge in [0.05, 0.1) is 15.6 Å². The van der Waals surface area contributed by atoms with Crippen LogP contribution in [-0.2, 0) is 4.74 Å². The Morgan fingerprint density at radius 1 is 1.42 bits per heavy atom. The smallest absolute Gasteiger partial charge is 0.195 e. The Hall–Kier alpha value is -0.500. The van der Waals surface area contributed by atoms with Gasteiger partial charge in [-0.2, -0.15) is 11.8 Å². The average Bonchev–Trinajstić information content (AvgIpc) is 2.76.